The lowest BCUT2D eigenvalue weighted by molar-refractivity contribution is -0.384. The van der Waals surface area contributed by atoms with Gasteiger partial charge in [-0.25, -0.2) is 8.42 Å². The number of fused-ring (bicyclic) bond motifs is 1. The summed E-state index contributed by atoms with van der Waals surface area (Å²) in [6, 6.07) is 11.0. The van der Waals surface area contributed by atoms with Crippen LogP contribution in [0, 0.1) is 17.0 Å². The Bertz CT molecular complexity index is 989. The third kappa shape index (κ3) is 2.95. The summed E-state index contributed by atoms with van der Waals surface area (Å²) in [7, 11) is -3.51. The van der Waals surface area contributed by atoms with Crippen molar-refractivity contribution in [2.45, 2.75) is 17.6 Å². The van der Waals surface area contributed by atoms with Crippen molar-refractivity contribution in [2.24, 2.45) is 0 Å². The van der Waals surface area contributed by atoms with Crippen LogP contribution in [0.4, 0.5) is 5.69 Å². The smallest absolute Gasteiger partial charge is 0.270 e. The van der Waals surface area contributed by atoms with Crippen LogP contribution in [0.1, 0.15) is 11.1 Å². The molecule has 3 rings (SSSR count). The molecule has 0 aliphatic heterocycles. The van der Waals surface area contributed by atoms with Crippen LogP contribution in [0.3, 0.4) is 0 Å². The third-order valence-corrected chi connectivity index (χ3v) is 5.37. The second kappa shape index (κ2) is 5.51. The highest BCUT2D eigenvalue weighted by atomic mass is 32.2. The average molecular weight is 330 g/mol. The van der Waals surface area contributed by atoms with Crippen molar-refractivity contribution in [2.75, 3.05) is 0 Å². The number of nitrogens with zero attached hydrogens (tertiary/aromatic N) is 1. The van der Waals surface area contributed by atoms with Gasteiger partial charge in [0.25, 0.3) is 5.69 Å². The van der Waals surface area contributed by atoms with Crippen LogP contribution in [0.2, 0.25) is 0 Å². The van der Waals surface area contributed by atoms with E-state index in [4.69, 9.17) is 0 Å². The van der Waals surface area contributed by atoms with E-state index in [1.165, 1.54) is 12.1 Å². The molecule has 1 heterocycles. The minimum atomic E-state index is -3.51. The van der Waals surface area contributed by atoms with Gasteiger partial charge in [0, 0.05) is 29.2 Å². The van der Waals surface area contributed by atoms with Crippen LogP contribution in [0.15, 0.2) is 53.6 Å². The quantitative estimate of drug-likeness (QED) is 0.586. The van der Waals surface area contributed by atoms with Gasteiger partial charge in [0.1, 0.15) is 0 Å². The minimum Gasteiger partial charge on any atom is -0.361 e. The number of hydrogen-bond donors (Lipinski definition) is 1. The van der Waals surface area contributed by atoms with Gasteiger partial charge in [-0.05, 0) is 30.7 Å². The van der Waals surface area contributed by atoms with Gasteiger partial charge in [0.2, 0.25) is 0 Å². The molecule has 7 heteroatoms. The fraction of sp³-hybridized carbons (Fsp3) is 0.125. The predicted octanol–water partition coefficient (Wildman–Crippen LogP) is 3.36. The summed E-state index contributed by atoms with van der Waals surface area (Å²) in [4.78, 5) is 13.6. The van der Waals surface area contributed by atoms with Crippen LogP contribution in [-0.4, -0.2) is 18.3 Å². The third-order valence-electron chi connectivity index (χ3n) is 3.69. The summed E-state index contributed by atoms with van der Waals surface area (Å²) >= 11 is 0. The molecule has 0 fully saturated rings. The van der Waals surface area contributed by atoms with E-state index >= 15 is 0 Å². The van der Waals surface area contributed by atoms with Gasteiger partial charge in [-0.2, -0.15) is 0 Å². The summed E-state index contributed by atoms with van der Waals surface area (Å²) in [5.41, 5.74) is 2.10. The second-order valence-electron chi connectivity index (χ2n) is 5.37. The van der Waals surface area contributed by atoms with Gasteiger partial charge in [-0.15, -0.1) is 0 Å². The van der Waals surface area contributed by atoms with Gasteiger partial charge in [0.05, 0.1) is 15.6 Å². The first-order valence-electron chi connectivity index (χ1n) is 6.91. The first kappa shape index (κ1) is 15.2. The SMILES string of the molecule is Cc1ccc(S(=O)(=O)Cc2c[nH]c3ccc([N+](=O)[O-])cc23)cc1. The van der Waals surface area contributed by atoms with Crippen LogP contribution in [0.5, 0.6) is 0 Å². The number of aromatic amines is 1. The molecule has 1 aromatic heterocycles. The molecule has 0 aliphatic rings. The molecule has 0 bridgehead atoms. The molecule has 0 unspecified atom stereocenters. The molecule has 0 saturated carbocycles. The molecule has 0 spiro atoms. The summed E-state index contributed by atoms with van der Waals surface area (Å²) in [5, 5.41) is 11.4. The molecule has 0 saturated heterocycles. The number of rotatable bonds is 4. The van der Waals surface area contributed by atoms with Crippen LogP contribution in [-0.2, 0) is 15.6 Å². The van der Waals surface area contributed by atoms with Crippen molar-refractivity contribution in [3.8, 4) is 0 Å². The molecule has 23 heavy (non-hydrogen) atoms. The molecule has 0 radical (unpaired) electrons. The Morgan fingerprint density at radius 3 is 2.48 bits per heavy atom. The number of nitro groups is 1. The van der Waals surface area contributed by atoms with E-state index in [9.17, 15) is 18.5 Å². The maximum atomic E-state index is 12.5. The van der Waals surface area contributed by atoms with Crippen molar-refractivity contribution >= 4 is 26.4 Å². The highest BCUT2D eigenvalue weighted by Crippen LogP contribution is 2.26. The number of nitrogens with one attached hydrogen (secondary N) is 1. The van der Waals surface area contributed by atoms with E-state index in [0.29, 0.717) is 16.5 Å². The zero-order chi connectivity index (χ0) is 16.6. The number of H-pyrrole nitrogens is 1. The number of benzene rings is 2. The molecule has 0 atom stereocenters. The zero-order valence-corrected chi connectivity index (χ0v) is 13.1. The van der Waals surface area contributed by atoms with Gasteiger partial charge < -0.3 is 4.98 Å². The monoisotopic (exact) mass is 330 g/mol. The molecule has 2 aromatic carbocycles. The van der Waals surface area contributed by atoms with Gasteiger partial charge in [-0.1, -0.05) is 17.7 Å². The van der Waals surface area contributed by atoms with E-state index in [2.05, 4.69) is 4.98 Å². The normalized spacial score (nSPS) is 11.7. The number of nitro benzene ring substituents is 1. The van der Waals surface area contributed by atoms with E-state index < -0.39 is 14.8 Å². The summed E-state index contributed by atoms with van der Waals surface area (Å²) < 4.78 is 25.1. The van der Waals surface area contributed by atoms with Crippen molar-refractivity contribution in [1.29, 1.82) is 0 Å². The van der Waals surface area contributed by atoms with Gasteiger partial charge in [-0.3, -0.25) is 10.1 Å². The number of non-ortho nitro benzene ring substituents is 1. The molecule has 1 N–H and O–H groups in total. The van der Waals surface area contributed by atoms with Crippen LogP contribution >= 0.6 is 0 Å². The highest BCUT2D eigenvalue weighted by molar-refractivity contribution is 7.90. The minimum absolute atomic E-state index is 0.0638. The summed E-state index contributed by atoms with van der Waals surface area (Å²) in [6.45, 7) is 1.88. The van der Waals surface area contributed by atoms with Crippen molar-refractivity contribution in [1.82, 2.24) is 4.98 Å². The maximum Gasteiger partial charge on any atom is 0.270 e. The predicted molar refractivity (Wildman–Crippen MR) is 87.0 cm³/mol. The van der Waals surface area contributed by atoms with E-state index in [1.54, 1.807) is 36.5 Å². The molecule has 6 nitrogen and oxygen atoms in total. The fourth-order valence-electron chi connectivity index (χ4n) is 2.43. The Kier molecular flexibility index (Phi) is 3.65. The fourth-order valence-corrected chi connectivity index (χ4v) is 3.80. The molecular weight excluding hydrogens is 316 g/mol. The number of hydrogen-bond acceptors (Lipinski definition) is 4. The topological polar surface area (TPSA) is 93.1 Å². The number of aromatic nitrogens is 1. The Labute approximate surface area is 132 Å². The van der Waals surface area contributed by atoms with Crippen molar-refractivity contribution in [3.05, 3.63) is 69.9 Å². The van der Waals surface area contributed by atoms with Crippen molar-refractivity contribution < 1.29 is 13.3 Å². The maximum absolute atomic E-state index is 12.5. The summed E-state index contributed by atoms with van der Waals surface area (Å²) in [6.07, 6.45) is 1.58. The number of aryl methyl sites for hydroxylation is 1. The standard InChI is InChI=1S/C16H14N2O4S/c1-11-2-5-14(6-3-11)23(21,22)10-12-9-17-16-7-4-13(18(19)20)8-15(12)16/h2-9,17H,10H2,1H3. The Balaban J connectivity index is 2.02. The average Bonchev–Trinajstić information content (AvgIpc) is 2.89. The lowest BCUT2D eigenvalue weighted by Crippen LogP contribution is -2.04. The Hall–Kier alpha value is -2.67. The van der Waals surface area contributed by atoms with Gasteiger partial charge in [0.15, 0.2) is 9.84 Å². The number of sulfone groups is 1. The second-order valence-corrected chi connectivity index (χ2v) is 7.36. The van der Waals surface area contributed by atoms with E-state index in [0.717, 1.165) is 5.56 Å². The molecule has 3 aromatic rings. The molecular formula is C16H14N2O4S. The summed E-state index contributed by atoms with van der Waals surface area (Å²) in [5.74, 6) is -0.211. The largest absolute Gasteiger partial charge is 0.361 e. The zero-order valence-electron chi connectivity index (χ0n) is 12.3. The first-order chi connectivity index (χ1) is 10.9. The lowest BCUT2D eigenvalue weighted by atomic mass is 10.2. The first-order valence-corrected chi connectivity index (χ1v) is 8.56. The van der Waals surface area contributed by atoms with Crippen LogP contribution in [0.25, 0.3) is 10.9 Å². The van der Waals surface area contributed by atoms with E-state index in [-0.39, 0.29) is 16.3 Å². The molecule has 118 valence electrons. The lowest BCUT2D eigenvalue weighted by Gasteiger charge is -2.04. The van der Waals surface area contributed by atoms with Crippen LogP contribution < -0.4 is 0 Å². The Morgan fingerprint density at radius 1 is 1.13 bits per heavy atom. The Morgan fingerprint density at radius 2 is 1.83 bits per heavy atom. The molecule has 0 aliphatic carbocycles. The van der Waals surface area contributed by atoms with E-state index in [1.807, 2.05) is 6.92 Å². The molecule has 0 amide bonds. The van der Waals surface area contributed by atoms with Crippen molar-refractivity contribution in [3.63, 3.8) is 0 Å². The highest BCUT2D eigenvalue weighted by Gasteiger charge is 2.19. The van der Waals surface area contributed by atoms with Gasteiger partial charge >= 0.3 is 0 Å².